The fourth-order valence-electron chi connectivity index (χ4n) is 2.56. The topological polar surface area (TPSA) is 67.2 Å². The second-order valence-electron chi connectivity index (χ2n) is 5.45. The largest absolute Gasteiger partial charge is 0.289 e. The number of aryl methyl sites for hydroxylation is 1. The summed E-state index contributed by atoms with van der Waals surface area (Å²) in [5.74, 6) is -0.488. The fourth-order valence-corrected chi connectivity index (χ4v) is 2.89. The van der Waals surface area contributed by atoms with Crippen LogP contribution < -0.4 is 5.48 Å². The molecule has 1 heterocycles. The zero-order valence-electron chi connectivity index (χ0n) is 12.5. The summed E-state index contributed by atoms with van der Waals surface area (Å²) in [6.07, 6.45) is 2.28. The van der Waals surface area contributed by atoms with E-state index < -0.39 is 11.9 Å². The molecule has 0 aliphatic carbocycles. The van der Waals surface area contributed by atoms with Crippen LogP contribution in [0.4, 0.5) is 0 Å². The summed E-state index contributed by atoms with van der Waals surface area (Å²) in [4.78, 5) is 12.1. The first-order chi connectivity index (χ1) is 11.1. The number of nitrogens with zero attached hydrogens (tertiary/aromatic N) is 2. The van der Waals surface area contributed by atoms with Gasteiger partial charge in [0.2, 0.25) is 0 Å². The average Bonchev–Trinajstić information content (AvgIpc) is 2.95. The summed E-state index contributed by atoms with van der Waals surface area (Å²) in [6, 6.07) is 13.0. The molecule has 5 nitrogen and oxygen atoms in total. The summed E-state index contributed by atoms with van der Waals surface area (Å²) in [7, 11) is 0. The molecule has 1 atom stereocenters. The summed E-state index contributed by atoms with van der Waals surface area (Å²) >= 11 is 3.49. The predicted octanol–water partition coefficient (Wildman–Crippen LogP) is 3.40. The summed E-state index contributed by atoms with van der Waals surface area (Å²) in [5.41, 5.74) is 4.64. The number of hydrogen-bond acceptors (Lipinski definition) is 3. The van der Waals surface area contributed by atoms with Gasteiger partial charge in [0.25, 0.3) is 5.91 Å². The molecule has 1 aromatic heterocycles. The van der Waals surface area contributed by atoms with Gasteiger partial charge >= 0.3 is 0 Å². The van der Waals surface area contributed by atoms with E-state index in [0.717, 1.165) is 26.5 Å². The molecule has 0 bridgehead atoms. The minimum Gasteiger partial charge on any atom is -0.289 e. The third-order valence-electron chi connectivity index (χ3n) is 3.81. The number of carbonyl (C=O) groups is 1. The number of benzene rings is 2. The number of fused-ring (bicyclic) bond motifs is 1. The zero-order chi connectivity index (χ0) is 16.4. The molecule has 1 amide bonds. The normalized spacial score (nSPS) is 12.3. The fraction of sp³-hybridized carbons (Fsp3) is 0.176. The Labute approximate surface area is 142 Å². The molecule has 1 unspecified atom stereocenters. The monoisotopic (exact) mass is 373 g/mol. The van der Waals surface area contributed by atoms with Crippen molar-refractivity contribution in [3.8, 4) is 0 Å². The lowest BCUT2D eigenvalue weighted by Gasteiger charge is -2.15. The van der Waals surface area contributed by atoms with Crippen LogP contribution in [0.5, 0.6) is 0 Å². The van der Waals surface area contributed by atoms with E-state index in [2.05, 4.69) is 21.0 Å². The van der Waals surface area contributed by atoms with E-state index in [4.69, 9.17) is 5.21 Å². The molecule has 3 rings (SSSR count). The Morgan fingerprint density at radius 2 is 2.09 bits per heavy atom. The predicted molar refractivity (Wildman–Crippen MR) is 91.3 cm³/mol. The van der Waals surface area contributed by atoms with E-state index in [-0.39, 0.29) is 0 Å². The van der Waals surface area contributed by atoms with E-state index in [0.29, 0.717) is 6.42 Å². The second kappa shape index (κ2) is 6.52. The van der Waals surface area contributed by atoms with Gasteiger partial charge in [-0.15, -0.1) is 0 Å². The van der Waals surface area contributed by atoms with Crippen LogP contribution in [0.3, 0.4) is 0 Å². The lowest BCUT2D eigenvalue weighted by Crippen LogP contribution is -2.32. The third kappa shape index (κ3) is 3.28. The molecule has 0 aliphatic heterocycles. The van der Waals surface area contributed by atoms with Gasteiger partial charge < -0.3 is 0 Å². The van der Waals surface area contributed by atoms with Crippen molar-refractivity contribution in [1.82, 2.24) is 15.3 Å². The quantitative estimate of drug-likeness (QED) is 0.543. The first kappa shape index (κ1) is 15.7. The zero-order valence-corrected chi connectivity index (χ0v) is 14.1. The lowest BCUT2D eigenvalue weighted by atomic mass is 10.1. The number of amides is 1. The van der Waals surface area contributed by atoms with Gasteiger partial charge in [-0.25, -0.2) is 5.48 Å². The molecule has 3 aromatic rings. The molecule has 118 valence electrons. The number of carbonyl (C=O) groups excluding carboxylic acids is 1. The molecular formula is C17H16BrN3O2. The standard InChI is InChI=1S/C17H16BrN3O2/c1-11-7-13-10-21(19-15(13)9-14(11)18)16(17(22)20-23)8-12-5-3-2-4-6-12/h2-7,9-10,16,23H,8H2,1H3,(H,20,22). The van der Waals surface area contributed by atoms with Gasteiger partial charge in [0.15, 0.2) is 0 Å². The molecule has 6 heteroatoms. The highest BCUT2D eigenvalue weighted by molar-refractivity contribution is 9.10. The first-order valence-corrected chi connectivity index (χ1v) is 8.00. The van der Waals surface area contributed by atoms with Crippen molar-refractivity contribution in [2.24, 2.45) is 0 Å². The van der Waals surface area contributed by atoms with Crippen molar-refractivity contribution in [1.29, 1.82) is 0 Å². The maximum absolute atomic E-state index is 12.1. The van der Waals surface area contributed by atoms with Gasteiger partial charge in [-0.3, -0.25) is 14.7 Å². The molecule has 0 aliphatic rings. The average molecular weight is 374 g/mol. The van der Waals surface area contributed by atoms with E-state index in [1.165, 1.54) is 0 Å². The van der Waals surface area contributed by atoms with Gasteiger partial charge in [0.05, 0.1) is 5.52 Å². The van der Waals surface area contributed by atoms with Gasteiger partial charge in [-0.2, -0.15) is 5.10 Å². The molecule has 0 saturated carbocycles. The smallest absolute Gasteiger partial charge is 0.268 e. The van der Waals surface area contributed by atoms with Crippen LogP contribution in [-0.2, 0) is 11.2 Å². The minimum absolute atomic E-state index is 0.446. The summed E-state index contributed by atoms with van der Waals surface area (Å²) in [6.45, 7) is 2.00. The third-order valence-corrected chi connectivity index (χ3v) is 4.66. The van der Waals surface area contributed by atoms with Crippen molar-refractivity contribution < 1.29 is 10.0 Å². The molecule has 0 saturated heterocycles. The molecule has 23 heavy (non-hydrogen) atoms. The highest BCUT2D eigenvalue weighted by Crippen LogP contribution is 2.25. The Balaban J connectivity index is 2.01. The van der Waals surface area contributed by atoms with Crippen LogP contribution in [0.25, 0.3) is 10.9 Å². The Morgan fingerprint density at radius 3 is 2.78 bits per heavy atom. The van der Waals surface area contributed by atoms with Gasteiger partial charge in [-0.05, 0) is 30.2 Å². The van der Waals surface area contributed by atoms with Crippen LogP contribution in [0.15, 0.2) is 53.1 Å². The molecular weight excluding hydrogens is 358 g/mol. The van der Waals surface area contributed by atoms with E-state index in [9.17, 15) is 4.79 Å². The van der Waals surface area contributed by atoms with E-state index in [1.807, 2.05) is 55.6 Å². The lowest BCUT2D eigenvalue weighted by molar-refractivity contribution is -0.132. The van der Waals surface area contributed by atoms with E-state index in [1.54, 1.807) is 10.2 Å². The number of hydrogen-bond donors (Lipinski definition) is 2. The van der Waals surface area contributed by atoms with Crippen molar-refractivity contribution >= 4 is 32.7 Å². The van der Waals surface area contributed by atoms with Crippen LogP contribution >= 0.6 is 15.9 Å². The number of halogens is 1. The van der Waals surface area contributed by atoms with Gasteiger partial charge in [0, 0.05) is 22.5 Å². The van der Waals surface area contributed by atoms with Gasteiger partial charge in [-0.1, -0.05) is 46.3 Å². The first-order valence-electron chi connectivity index (χ1n) is 7.21. The second-order valence-corrected chi connectivity index (χ2v) is 6.31. The minimum atomic E-state index is -0.617. The Bertz CT molecular complexity index is 807. The van der Waals surface area contributed by atoms with Crippen LogP contribution in [-0.4, -0.2) is 20.9 Å². The molecule has 2 aromatic carbocycles. The molecule has 0 spiro atoms. The van der Waals surface area contributed by atoms with Crippen LogP contribution in [0.1, 0.15) is 17.2 Å². The van der Waals surface area contributed by atoms with E-state index >= 15 is 0 Å². The van der Waals surface area contributed by atoms with Crippen molar-refractivity contribution in [2.45, 2.75) is 19.4 Å². The van der Waals surface area contributed by atoms with Crippen molar-refractivity contribution in [2.75, 3.05) is 0 Å². The molecule has 0 fully saturated rings. The van der Waals surface area contributed by atoms with Crippen LogP contribution in [0, 0.1) is 6.92 Å². The molecule has 0 radical (unpaired) electrons. The Morgan fingerprint density at radius 1 is 1.35 bits per heavy atom. The summed E-state index contributed by atoms with van der Waals surface area (Å²) < 4.78 is 2.58. The number of aromatic nitrogens is 2. The highest BCUT2D eigenvalue weighted by Gasteiger charge is 2.22. The Hall–Kier alpha value is -2.18. The van der Waals surface area contributed by atoms with Crippen molar-refractivity contribution in [3.05, 3.63) is 64.3 Å². The Kier molecular flexibility index (Phi) is 4.45. The number of nitrogens with one attached hydrogen (secondary N) is 1. The highest BCUT2D eigenvalue weighted by atomic mass is 79.9. The van der Waals surface area contributed by atoms with Crippen molar-refractivity contribution in [3.63, 3.8) is 0 Å². The SMILES string of the molecule is Cc1cc2cn(C(Cc3ccccc3)C(=O)NO)nc2cc1Br. The molecule has 2 N–H and O–H groups in total. The maximum atomic E-state index is 12.1. The van der Waals surface area contributed by atoms with Crippen LogP contribution in [0.2, 0.25) is 0 Å². The number of rotatable bonds is 4. The number of hydroxylamine groups is 1. The maximum Gasteiger partial charge on any atom is 0.268 e. The summed E-state index contributed by atoms with van der Waals surface area (Å²) in [5, 5.41) is 14.5. The van der Waals surface area contributed by atoms with Gasteiger partial charge in [0.1, 0.15) is 6.04 Å².